The lowest BCUT2D eigenvalue weighted by molar-refractivity contribution is -0.0674. The summed E-state index contributed by atoms with van der Waals surface area (Å²) in [4.78, 5) is 7.14. The van der Waals surface area contributed by atoms with E-state index >= 15 is 0 Å². The van der Waals surface area contributed by atoms with Crippen LogP contribution in [0.2, 0.25) is 0 Å². The molecular weight excluding hydrogens is 280 g/mol. The van der Waals surface area contributed by atoms with Crippen LogP contribution in [0.1, 0.15) is 35.4 Å². The molecule has 0 N–H and O–H groups in total. The number of piperidine rings is 1. The number of rotatable bonds is 2. The van der Waals surface area contributed by atoms with Gasteiger partial charge >= 0.3 is 0 Å². The molecule has 4 rings (SSSR count). The zero-order valence-corrected chi connectivity index (χ0v) is 13.4. The van der Waals surface area contributed by atoms with E-state index in [0.717, 1.165) is 43.3 Å². The maximum atomic E-state index is 5.96. The van der Waals surface area contributed by atoms with Gasteiger partial charge in [-0.1, -0.05) is 5.21 Å². The van der Waals surface area contributed by atoms with Crippen LogP contribution in [0, 0.1) is 13.8 Å². The molecule has 7 heteroatoms. The average Bonchev–Trinajstić information content (AvgIpc) is 3.09. The fourth-order valence-corrected chi connectivity index (χ4v) is 3.52. The summed E-state index contributed by atoms with van der Waals surface area (Å²) in [6, 6.07) is 0.266. The zero-order chi connectivity index (χ0) is 15.3. The minimum Gasteiger partial charge on any atom is -0.370 e. The molecule has 0 aromatic carbocycles. The molecule has 7 nitrogen and oxygen atoms in total. The van der Waals surface area contributed by atoms with E-state index in [1.807, 2.05) is 0 Å². The van der Waals surface area contributed by atoms with Crippen molar-refractivity contribution < 1.29 is 4.74 Å². The number of aromatic nitrogens is 5. The Kier molecular flexibility index (Phi) is 3.27. The van der Waals surface area contributed by atoms with Gasteiger partial charge in [0.2, 0.25) is 0 Å². The molecule has 0 radical (unpaired) electrons. The third-order valence-electron chi connectivity index (χ3n) is 5.09. The summed E-state index contributed by atoms with van der Waals surface area (Å²) < 4.78 is 10.2. The summed E-state index contributed by atoms with van der Waals surface area (Å²) in [7, 11) is 2.09. The molecule has 1 saturated heterocycles. The molecule has 0 aliphatic carbocycles. The van der Waals surface area contributed by atoms with E-state index < -0.39 is 0 Å². The van der Waals surface area contributed by atoms with Gasteiger partial charge in [-0.2, -0.15) is 0 Å². The fourth-order valence-electron chi connectivity index (χ4n) is 3.52. The first-order valence-corrected chi connectivity index (χ1v) is 7.85. The van der Waals surface area contributed by atoms with Crippen molar-refractivity contribution >= 4 is 0 Å². The molecule has 0 bridgehead atoms. The van der Waals surface area contributed by atoms with E-state index in [0.29, 0.717) is 6.61 Å². The molecule has 118 valence electrons. The Morgan fingerprint density at radius 1 is 1.36 bits per heavy atom. The van der Waals surface area contributed by atoms with Crippen molar-refractivity contribution in [3.63, 3.8) is 0 Å². The molecular formula is C15H22N6O. The first kappa shape index (κ1) is 13.9. The molecule has 22 heavy (non-hydrogen) atoms. The van der Waals surface area contributed by atoms with Gasteiger partial charge in [-0.3, -0.25) is 4.90 Å². The summed E-state index contributed by atoms with van der Waals surface area (Å²) >= 11 is 0. The van der Waals surface area contributed by atoms with Crippen molar-refractivity contribution in [3.05, 3.63) is 29.1 Å². The summed E-state index contributed by atoms with van der Waals surface area (Å²) in [6.45, 7) is 7.67. The topological polar surface area (TPSA) is 61.0 Å². The highest BCUT2D eigenvalue weighted by Crippen LogP contribution is 2.30. The number of likely N-dealkylation sites (tertiary alicyclic amines) is 1. The first-order valence-electron chi connectivity index (χ1n) is 7.85. The molecule has 2 aliphatic heterocycles. The highest BCUT2D eigenvalue weighted by atomic mass is 16.5. The normalized spacial score (nSPS) is 25.0. The maximum absolute atomic E-state index is 5.96. The first-order chi connectivity index (χ1) is 10.6. The lowest BCUT2D eigenvalue weighted by Crippen LogP contribution is -2.47. The van der Waals surface area contributed by atoms with Crippen molar-refractivity contribution in [3.8, 4) is 0 Å². The highest BCUT2D eigenvalue weighted by molar-refractivity contribution is 5.13. The van der Waals surface area contributed by atoms with Crippen LogP contribution in [-0.4, -0.2) is 48.6 Å². The Balaban J connectivity index is 1.53. The zero-order valence-electron chi connectivity index (χ0n) is 13.4. The van der Waals surface area contributed by atoms with Crippen molar-refractivity contribution in [1.82, 2.24) is 29.4 Å². The molecule has 4 heterocycles. The Morgan fingerprint density at radius 2 is 2.23 bits per heavy atom. The van der Waals surface area contributed by atoms with Gasteiger partial charge in [0.25, 0.3) is 0 Å². The van der Waals surface area contributed by atoms with Crippen LogP contribution in [0.3, 0.4) is 0 Å². The summed E-state index contributed by atoms with van der Waals surface area (Å²) in [5.41, 5.74) is 3.43. The third-order valence-corrected chi connectivity index (χ3v) is 5.09. The van der Waals surface area contributed by atoms with Crippen molar-refractivity contribution in [2.45, 2.75) is 45.6 Å². The maximum Gasteiger partial charge on any atom is 0.123 e. The molecule has 1 fully saturated rings. The number of ether oxygens (including phenoxy) is 1. The Bertz CT molecular complexity index is 690. The predicted molar refractivity (Wildman–Crippen MR) is 80.2 cm³/mol. The SMILES string of the molecule is Cc1nc(CN2CC[C@@H]3OCc4cnnn4[C@H]3C2)n(C)c1C. The van der Waals surface area contributed by atoms with E-state index in [9.17, 15) is 0 Å². The monoisotopic (exact) mass is 302 g/mol. The second-order valence-electron chi connectivity index (χ2n) is 6.37. The largest absolute Gasteiger partial charge is 0.370 e. The molecule has 0 spiro atoms. The van der Waals surface area contributed by atoms with Gasteiger partial charge in [0.05, 0.1) is 42.9 Å². The fraction of sp³-hybridized carbons (Fsp3) is 0.667. The second kappa shape index (κ2) is 5.17. The number of imidazole rings is 1. The van der Waals surface area contributed by atoms with Crippen LogP contribution in [0.15, 0.2) is 6.20 Å². The van der Waals surface area contributed by atoms with Crippen LogP contribution in [-0.2, 0) is 24.9 Å². The standard InChI is InChI=1S/C15H22N6O/c1-10-11(2)19(3)15(17-10)8-20-5-4-14-13(7-20)21-12(9-22-14)6-16-18-21/h6,13-14H,4-5,7-9H2,1-3H3/t13-,14-/m0/s1. The lowest BCUT2D eigenvalue weighted by Gasteiger charge is -2.40. The second-order valence-corrected chi connectivity index (χ2v) is 6.37. The molecule has 0 amide bonds. The summed E-state index contributed by atoms with van der Waals surface area (Å²) in [5, 5.41) is 8.29. The summed E-state index contributed by atoms with van der Waals surface area (Å²) in [6.07, 6.45) is 3.10. The van der Waals surface area contributed by atoms with Gasteiger partial charge in [-0.05, 0) is 20.3 Å². The van der Waals surface area contributed by atoms with Gasteiger partial charge in [0.15, 0.2) is 0 Å². The number of fused-ring (bicyclic) bond motifs is 3. The quantitative estimate of drug-likeness (QED) is 0.827. The van der Waals surface area contributed by atoms with E-state index in [-0.39, 0.29) is 12.1 Å². The molecule has 2 aromatic rings. The van der Waals surface area contributed by atoms with Gasteiger partial charge in [0, 0.05) is 25.8 Å². The molecule has 2 aromatic heterocycles. The molecule has 0 unspecified atom stereocenters. The summed E-state index contributed by atoms with van der Waals surface area (Å²) in [5.74, 6) is 1.13. The number of hydrogen-bond donors (Lipinski definition) is 0. The van der Waals surface area contributed by atoms with Crippen LogP contribution in [0.5, 0.6) is 0 Å². The Labute approximate surface area is 129 Å². The van der Waals surface area contributed by atoms with Crippen molar-refractivity contribution in [2.75, 3.05) is 13.1 Å². The molecule has 0 saturated carbocycles. The van der Waals surface area contributed by atoms with Crippen molar-refractivity contribution in [2.24, 2.45) is 7.05 Å². The highest BCUT2D eigenvalue weighted by Gasteiger charge is 2.36. The van der Waals surface area contributed by atoms with E-state index in [4.69, 9.17) is 9.72 Å². The molecule has 2 aliphatic rings. The predicted octanol–water partition coefficient (Wildman–Crippen LogP) is 0.974. The van der Waals surface area contributed by atoms with E-state index in [1.54, 1.807) is 6.20 Å². The minimum absolute atomic E-state index is 0.260. The number of hydrogen-bond acceptors (Lipinski definition) is 5. The Hall–Kier alpha value is -1.73. The number of nitrogens with zero attached hydrogens (tertiary/aromatic N) is 6. The van der Waals surface area contributed by atoms with Crippen LogP contribution >= 0.6 is 0 Å². The van der Waals surface area contributed by atoms with Gasteiger partial charge in [-0.15, -0.1) is 5.10 Å². The van der Waals surface area contributed by atoms with Gasteiger partial charge in [0.1, 0.15) is 5.82 Å². The van der Waals surface area contributed by atoms with Gasteiger partial charge in [-0.25, -0.2) is 9.67 Å². The van der Waals surface area contributed by atoms with Gasteiger partial charge < -0.3 is 9.30 Å². The van der Waals surface area contributed by atoms with E-state index in [1.165, 1.54) is 5.69 Å². The minimum atomic E-state index is 0.260. The van der Waals surface area contributed by atoms with E-state index in [2.05, 4.69) is 45.4 Å². The molecule has 2 atom stereocenters. The van der Waals surface area contributed by atoms with Crippen LogP contribution < -0.4 is 0 Å². The Morgan fingerprint density at radius 3 is 3.00 bits per heavy atom. The van der Waals surface area contributed by atoms with Crippen LogP contribution in [0.4, 0.5) is 0 Å². The lowest BCUT2D eigenvalue weighted by atomic mass is 10.0. The smallest absolute Gasteiger partial charge is 0.123 e. The average molecular weight is 302 g/mol. The van der Waals surface area contributed by atoms with Crippen molar-refractivity contribution in [1.29, 1.82) is 0 Å². The third kappa shape index (κ3) is 2.16. The van der Waals surface area contributed by atoms with Crippen LogP contribution in [0.25, 0.3) is 0 Å². The number of aryl methyl sites for hydroxylation is 1.